The van der Waals surface area contributed by atoms with Crippen LogP contribution in [0.25, 0.3) is 10.9 Å². The molecule has 22 heavy (non-hydrogen) atoms. The molecule has 1 aliphatic rings. The minimum Gasteiger partial charge on any atom is -0.352 e. The van der Waals surface area contributed by atoms with Crippen molar-refractivity contribution in [1.29, 1.82) is 0 Å². The number of unbranched alkanes of at least 4 members (excludes halogenated alkanes) is 2. The third kappa shape index (κ3) is 2.43. The summed E-state index contributed by atoms with van der Waals surface area (Å²) in [6.07, 6.45) is 5.80. The summed E-state index contributed by atoms with van der Waals surface area (Å²) < 4.78 is 2.08. The number of carbonyl (C=O) groups is 1. The second-order valence-electron chi connectivity index (χ2n) is 6.11. The first-order valence-corrected chi connectivity index (χ1v) is 8.08. The lowest BCUT2D eigenvalue weighted by molar-refractivity contribution is 0.0951. The Morgan fingerprint density at radius 3 is 2.95 bits per heavy atom. The fourth-order valence-electron chi connectivity index (χ4n) is 3.25. The van der Waals surface area contributed by atoms with Crippen LogP contribution < -0.4 is 10.7 Å². The van der Waals surface area contributed by atoms with Crippen LogP contribution in [0.4, 0.5) is 0 Å². The number of nitrogens with zero attached hydrogens (tertiary/aromatic N) is 1. The number of rotatable bonds is 5. The van der Waals surface area contributed by atoms with Crippen molar-refractivity contribution < 1.29 is 4.79 Å². The van der Waals surface area contributed by atoms with E-state index in [0.29, 0.717) is 11.9 Å². The van der Waals surface area contributed by atoms with Crippen LogP contribution in [-0.2, 0) is 6.42 Å². The molecule has 1 amide bonds. The molecule has 0 bridgehead atoms. The van der Waals surface area contributed by atoms with Gasteiger partial charge in [0.2, 0.25) is 5.43 Å². The summed E-state index contributed by atoms with van der Waals surface area (Å²) in [5, 5.41) is 3.53. The molecule has 1 aliphatic heterocycles. The molecule has 116 valence electrons. The van der Waals surface area contributed by atoms with E-state index >= 15 is 0 Å². The normalized spacial score (nSPS) is 16.2. The van der Waals surface area contributed by atoms with Crippen LogP contribution in [0, 0.1) is 0 Å². The molecule has 1 aromatic carbocycles. The Balaban J connectivity index is 1.97. The van der Waals surface area contributed by atoms with E-state index in [1.807, 2.05) is 12.1 Å². The van der Waals surface area contributed by atoms with Gasteiger partial charge in [-0.15, -0.1) is 0 Å². The number of pyridine rings is 1. The number of nitrogens with one attached hydrogen (secondary N) is 1. The maximum absolute atomic E-state index is 12.6. The second kappa shape index (κ2) is 5.95. The lowest BCUT2D eigenvalue weighted by atomic mass is 10.1. The number of hydrogen-bond acceptors (Lipinski definition) is 2. The van der Waals surface area contributed by atoms with Gasteiger partial charge in [-0.05, 0) is 31.4 Å². The highest BCUT2D eigenvalue weighted by Gasteiger charge is 2.24. The molecule has 2 aromatic rings. The Morgan fingerprint density at radius 2 is 2.18 bits per heavy atom. The van der Waals surface area contributed by atoms with Crippen molar-refractivity contribution in [3.8, 4) is 0 Å². The average Bonchev–Trinajstić information content (AvgIpc) is 2.83. The Kier molecular flexibility index (Phi) is 4.01. The van der Waals surface area contributed by atoms with Gasteiger partial charge in [0.05, 0.1) is 5.52 Å². The van der Waals surface area contributed by atoms with Gasteiger partial charge in [0.25, 0.3) is 5.91 Å². The monoisotopic (exact) mass is 298 g/mol. The number of carbonyl (C=O) groups excluding carboxylic acids is 1. The number of benzene rings is 1. The quantitative estimate of drug-likeness (QED) is 0.863. The number of amides is 1. The van der Waals surface area contributed by atoms with Crippen LogP contribution in [0.5, 0.6) is 0 Å². The predicted octanol–water partition coefficient (Wildman–Crippen LogP) is 3.04. The average molecular weight is 298 g/mol. The topological polar surface area (TPSA) is 51.1 Å². The van der Waals surface area contributed by atoms with Crippen molar-refractivity contribution in [2.45, 2.75) is 45.6 Å². The van der Waals surface area contributed by atoms with E-state index in [9.17, 15) is 9.59 Å². The summed E-state index contributed by atoms with van der Waals surface area (Å²) in [6.45, 7) is 4.87. The van der Waals surface area contributed by atoms with Crippen molar-refractivity contribution >= 4 is 16.8 Å². The number of para-hydroxylation sites is 1. The molecule has 0 radical (unpaired) electrons. The molecule has 3 rings (SSSR count). The van der Waals surface area contributed by atoms with Gasteiger partial charge in [-0.3, -0.25) is 9.59 Å². The van der Waals surface area contributed by atoms with E-state index in [0.717, 1.165) is 31.2 Å². The first-order chi connectivity index (χ1) is 10.6. The van der Waals surface area contributed by atoms with E-state index in [1.54, 1.807) is 6.20 Å². The lowest BCUT2D eigenvalue weighted by Crippen LogP contribution is -2.30. The van der Waals surface area contributed by atoms with E-state index in [-0.39, 0.29) is 22.9 Å². The minimum absolute atomic E-state index is 0.157. The van der Waals surface area contributed by atoms with Gasteiger partial charge >= 0.3 is 0 Å². The fourth-order valence-corrected chi connectivity index (χ4v) is 3.25. The molecule has 0 fully saturated rings. The highest BCUT2D eigenvalue weighted by atomic mass is 16.2. The SMILES string of the molecule is CCCCCNC(=O)c1cn2c3c(cccc3c1=O)C[C@H]2C. The molecule has 0 spiro atoms. The maximum Gasteiger partial charge on any atom is 0.256 e. The molecular weight excluding hydrogens is 276 g/mol. The first kappa shape index (κ1) is 14.8. The molecule has 1 atom stereocenters. The molecule has 4 heteroatoms. The Bertz CT molecular complexity index is 776. The third-order valence-electron chi connectivity index (χ3n) is 4.44. The van der Waals surface area contributed by atoms with Crippen LogP contribution in [0.2, 0.25) is 0 Å². The van der Waals surface area contributed by atoms with Crippen molar-refractivity contribution in [3.63, 3.8) is 0 Å². The zero-order valence-corrected chi connectivity index (χ0v) is 13.2. The van der Waals surface area contributed by atoms with Gasteiger partial charge in [-0.25, -0.2) is 0 Å². The van der Waals surface area contributed by atoms with Gasteiger partial charge in [0.15, 0.2) is 0 Å². The molecule has 0 unspecified atom stereocenters. The van der Waals surface area contributed by atoms with Gasteiger partial charge < -0.3 is 9.88 Å². The zero-order valence-electron chi connectivity index (χ0n) is 13.2. The van der Waals surface area contributed by atoms with Crippen molar-refractivity contribution in [2.24, 2.45) is 0 Å². The smallest absolute Gasteiger partial charge is 0.256 e. The third-order valence-corrected chi connectivity index (χ3v) is 4.44. The molecule has 2 heterocycles. The van der Waals surface area contributed by atoms with Crippen LogP contribution in [0.15, 0.2) is 29.2 Å². The lowest BCUT2D eigenvalue weighted by Gasteiger charge is -2.12. The van der Waals surface area contributed by atoms with Crippen LogP contribution in [-0.4, -0.2) is 17.0 Å². The summed E-state index contributed by atoms with van der Waals surface area (Å²) in [7, 11) is 0. The van der Waals surface area contributed by atoms with Crippen molar-refractivity contribution in [1.82, 2.24) is 9.88 Å². The first-order valence-electron chi connectivity index (χ1n) is 8.08. The highest BCUT2D eigenvalue weighted by Crippen LogP contribution is 2.30. The fraction of sp³-hybridized carbons (Fsp3) is 0.444. The van der Waals surface area contributed by atoms with E-state index in [4.69, 9.17) is 0 Å². The standard InChI is InChI=1S/C18H22N2O2/c1-3-4-5-9-19-18(22)15-11-20-12(2)10-13-7-6-8-14(16(13)20)17(15)21/h6-8,11-12H,3-5,9-10H2,1-2H3,(H,19,22)/t12-/m1/s1. The molecular formula is C18H22N2O2. The summed E-state index contributed by atoms with van der Waals surface area (Å²) in [5.41, 5.74) is 2.28. The number of hydrogen-bond donors (Lipinski definition) is 1. The Morgan fingerprint density at radius 1 is 1.36 bits per heavy atom. The maximum atomic E-state index is 12.6. The minimum atomic E-state index is -0.253. The number of aromatic nitrogens is 1. The van der Waals surface area contributed by atoms with Crippen LogP contribution in [0.1, 0.15) is 55.1 Å². The largest absolute Gasteiger partial charge is 0.352 e. The van der Waals surface area contributed by atoms with Crippen LogP contribution in [0.3, 0.4) is 0 Å². The predicted molar refractivity (Wildman–Crippen MR) is 88.5 cm³/mol. The van der Waals surface area contributed by atoms with Gasteiger partial charge in [0, 0.05) is 24.2 Å². The Labute approximate surface area is 130 Å². The summed E-state index contributed by atoms with van der Waals surface area (Å²) in [4.78, 5) is 25.0. The van der Waals surface area contributed by atoms with Gasteiger partial charge in [-0.2, -0.15) is 0 Å². The second-order valence-corrected chi connectivity index (χ2v) is 6.11. The van der Waals surface area contributed by atoms with Crippen molar-refractivity contribution in [2.75, 3.05) is 6.54 Å². The molecule has 1 aromatic heterocycles. The summed E-state index contributed by atoms with van der Waals surface area (Å²) >= 11 is 0. The molecule has 1 N–H and O–H groups in total. The molecule has 0 saturated carbocycles. The Hall–Kier alpha value is -2.10. The highest BCUT2D eigenvalue weighted by molar-refractivity contribution is 5.98. The molecule has 0 saturated heterocycles. The summed E-state index contributed by atoms with van der Waals surface area (Å²) in [5.74, 6) is -0.253. The zero-order chi connectivity index (χ0) is 15.7. The summed E-state index contributed by atoms with van der Waals surface area (Å²) in [6, 6.07) is 6.08. The molecule has 4 nitrogen and oxygen atoms in total. The van der Waals surface area contributed by atoms with Crippen LogP contribution >= 0.6 is 0 Å². The van der Waals surface area contributed by atoms with Crippen molar-refractivity contribution in [3.05, 3.63) is 45.7 Å². The van der Waals surface area contributed by atoms with E-state index in [2.05, 4.69) is 29.8 Å². The van der Waals surface area contributed by atoms with E-state index in [1.165, 1.54) is 5.56 Å². The molecule has 0 aliphatic carbocycles. The van der Waals surface area contributed by atoms with Gasteiger partial charge in [-0.1, -0.05) is 31.9 Å². The van der Waals surface area contributed by atoms with Gasteiger partial charge in [0.1, 0.15) is 5.56 Å². The van der Waals surface area contributed by atoms with E-state index < -0.39 is 0 Å².